The van der Waals surface area contributed by atoms with Crippen LogP contribution in [0, 0.1) is 12.8 Å². The first-order valence-corrected chi connectivity index (χ1v) is 8.31. The van der Waals surface area contributed by atoms with Crippen LogP contribution in [0.25, 0.3) is 0 Å². The van der Waals surface area contributed by atoms with E-state index in [2.05, 4.69) is 10.6 Å². The zero-order valence-corrected chi connectivity index (χ0v) is 14.7. The summed E-state index contributed by atoms with van der Waals surface area (Å²) in [6, 6.07) is 14.0. The molecule has 2 aromatic carbocycles. The number of carbonyl (C=O) groups excluding carboxylic acids is 2. The molecular formula is C20H24N2O3. The van der Waals surface area contributed by atoms with E-state index in [1.807, 2.05) is 32.9 Å². The first-order valence-electron chi connectivity index (χ1n) is 8.31. The number of benzene rings is 2. The van der Waals surface area contributed by atoms with Gasteiger partial charge >= 0.3 is 0 Å². The summed E-state index contributed by atoms with van der Waals surface area (Å²) in [4.78, 5) is 25.0. The first-order chi connectivity index (χ1) is 11.9. The summed E-state index contributed by atoms with van der Waals surface area (Å²) in [5, 5.41) is 14.9. The van der Waals surface area contributed by atoms with Crippen LogP contribution in [0.5, 0.6) is 0 Å². The molecule has 0 saturated carbocycles. The maximum Gasteiger partial charge on any atom is 0.255 e. The third kappa shape index (κ3) is 4.90. The van der Waals surface area contributed by atoms with E-state index in [9.17, 15) is 14.7 Å². The minimum atomic E-state index is -0.284. The number of rotatable bonds is 6. The highest BCUT2D eigenvalue weighted by Crippen LogP contribution is 2.17. The summed E-state index contributed by atoms with van der Waals surface area (Å²) in [6.07, 6.45) is 0. The molecule has 2 atom stereocenters. The molecule has 0 heterocycles. The molecule has 2 unspecified atom stereocenters. The molecule has 0 aromatic heterocycles. The first kappa shape index (κ1) is 18.7. The van der Waals surface area contributed by atoms with E-state index in [4.69, 9.17) is 0 Å². The lowest BCUT2D eigenvalue weighted by molar-refractivity contribution is 0.0917. The van der Waals surface area contributed by atoms with Crippen molar-refractivity contribution in [1.82, 2.24) is 5.32 Å². The summed E-state index contributed by atoms with van der Waals surface area (Å²) in [5.74, 6) is -0.605. The number of amides is 2. The largest absolute Gasteiger partial charge is 0.396 e. The molecule has 0 fully saturated rings. The van der Waals surface area contributed by atoms with Gasteiger partial charge in [-0.25, -0.2) is 0 Å². The quantitative estimate of drug-likeness (QED) is 0.756. The summed E-state index contributed by atoms with van der Waals surface area (Å²) >= 11 is 0. The highest BCUT2D eigenvalue weighted by Gasteiger charge is 2.18. The predicted molar refractivity (Wildman–Crippen MR) is 98.8 cm³/mol. The Hall–Kier alpha value is -2.66. The maximum absolute atomic E-state index is 12.5. The van der Waals surface area contributed by atoms with E-state index < -0.39 is 0 Å². The number of hydrogen-bond acceptors (Lipinski definition) is 3. The van der Waals surface area contributed by atoms with Crippen LogP contribution in [-0.2, 0) is 0 Å². The van der Waals surface area contributed by atoms with Crippen LogP contribution >= 0.6 is 0 Å². The van der Waals surface area contributed by atoms with Gasteiger partial charge < -0.3 is 15.7 Å². The summed E-state index contributed by atoms with van der Waals surface area (Å²) in [7, 11) is 0. The van der Waals surface area contributed by atoms with Gasteiger partial charge in [0.2, 0.25) is 0 Å². The third-order valence-corrected chi connectivity index (χ3v) is 4.20. The second kappa shape index (κ2) is 8.44. The van der Waals surface area contributed by atoms with Crippen LogP contribution in [0.15, 0.2) is 48.5 Å². The molecule has 2 aromatic rings. The van der Waals surface area contributed by atoms with Crippen LogP contribution in [0.1, 0.15) is 40.1 Å². The lowest BCUT2D eigenvalue weighted by atomic mass is 10.0. The molecule has 2 amide bonds. The van der Waals surface area contributed by atoms with Crippen molar-refractivity contribution in [2.75, 3.05) is 11.9 Å². The van der Waals surface area contributed by atoms with Crippen molar-refractivity contribution in [3.8, 4) is 0 Å². The van der Waals surface area contributed by atoms with Gasteiger partial charge in [0.15, 0.2) is 0 Å². The number of para-hydroxylation sites is 1. The van der Waals surface area contributed by atoms with Crippen molar-refractivity contribution in [2.24, 2.45) is 5.92 Å². The monoisotopic (exact) mass is 340 g/mol. The Balaban J connectivity index is 2.17. The fourth-order valence-electron chi connectivity index (χ4n) is 2.36. The molecule has 0 aliphatic heterocycles. The number of hydrogen-bond donors (Lipinski definition) is 3. The van der Waals surface area contributed by atoms with Crippen LogP contribution in [0.3, 0.4) is 0 Å². The molecular weight excluding hydrogens is 316 g/mol. The van der Waals surface area contributed by atoms with Crippen molar-refractivity contribution in [3.63, 3.8) is 0 Å². The van der Waals surface area contributed by atoms with Gasteiger partial charge in [-0.3, -0.25) is 9.59 Å². The van der Waals surface area contributed by atoms with E-state index >= 15 is 0 Å². The zero-order valence-electron chi connectivity index (χ0n) is 14.7. The van der Waals surface area contributed by atoms with Gasteiger partial charge in [0.05, 0.1) is 11.3 Å². The zero-order chi connectivity index (χ0) is 18.4. The topological polar surface area (TPSA) is 78.4 Å². The highest BCUT2D eigenvalue weighted by molar-refractivity contribution is 6.09. The third-order valence-electron chi connectivity index (χ3n) is 4.20. The van der Waals surface area contributed by atoms with Gasteiger partial charge in [0.1, 0.15) is 0 Å². The molecule has 132 valence electrons. The molecule has 25 heavy (non-hydrogen) atoms. The van der Waals surface area contributed by atoms with E-state index in [-0.39, 0.29) is 30.4 Å². The average molecular weight is 340 g/mol. The predicted octanol–water partition coefficient (Wildman–Crippen LogP) is 2.99. The maximum atomic E-state index is 12.5. The van der Waals surface area contributed by atoms with Gasteiger partial charge in [0.25, 0.3) is 11.8 Å². The normalized spacial score (nSPS) is 13.0. The molecule has 0 spiro atoms. The van der Waals surface area contributed by atoms with Crippen LogP contribution < -0.4 is 10.6 Å². The Morgan fingerprint density at radius 3 is 2.44 bits per heavy atom. The number of anilines is 1. The van der Waals surface area contributed by atoms with Crippen molar-refractivity contribution in [1.29, 1.82) is 0 Å². The molecule has 5 heteroatoms. The number of aliphatic hydroxyl groups is 1. The Bertz CT molecular complexity index is 758. The average Bonchev–Trinajstić information content (AvgIpc) is 2.61. The molecule has 0 saturated heterocycles. The molecule has 0 aliphatic rings. The van der Waals surface area contributed by atoms with Crippen molar-refractivity contribution in [2.45, 2.75) is 26.8 Å². The summed E-state index contributed by atoms with van der Waals surface area (Å²) in [6.45, 7) is 5.61. The molecule has 0 aliphatic carbocycles. The van der Waals surface area contributed by atoms with E-state index in [0.717, 1.165) is 5.56 Å². The summed E-state index contributed by atoms with van der Waals surface area (Å²) in [5.41, 5.74) is 2.37. The van der Waals surface area contributed by atoms with Gasteiger partial charge in [-0.05, 0) is 44.0 Å². The number of nitrogens with one attached hydrogen (secondary N) is 2. The Labute approximate surface area is 148 Å². The van der Waals surface area contributed by atoms with E-state index in [1.165, 1.54) is 0 Å². The van der Waals surface area contributed by atoms with Gasteiger partial charge in [-0.1, -0.05) is 36.8 Å². The second-order valence-corrected chi connectivity index (χ2v) is 6.29. The fraction of sp³-hybridized carbons (Fsp3) is 0.300. The number of aliphatic hydroxyl groups excluding tert-OH is 1. The summed E-state index contributed by atoms with van der Waals surface area (Å²) < 4.78 is 0. The van der Waals surface area contributed by atoms with E-state index in [1.54, 1.807) is 36.4 Å². The number of aryl methyl sites for hydroxylation is 1. The van der Waals surface area contributed by atoms with Crippen LogP contribution in [-0.4, -0.2) is 29.6 Å². The number of carbonyl (C=O) groups is 2. The molecule has 0 radical (unpaired) electrons. The smallest absolute Gasteiger partial charge is 0.255 e. The Kier molecular flexibility index (Phi) is 6.31. The Morgan fingerprint density at radius 2 is 1.76 bits per heavy atom. The second-order valence-electron chi connectivity index (χ2n) is 6.29. The van der Waals surface area contributed by atoms with Gasteiger partial charge in [-0.15, -0.1) is 0 Å². The Morgan fingerprint density at radius 1 is 1.04 bits per heavy atom. The van der Waals surface area contributed by atoms with Crippen molar-refractivity contribution >= 4 is 17.5 Å². The van der Waals surface area contributed by atoms with Crippen LogP contribution in [0.4, 0.5) is 5.69 Å². The van der Waals surface area contributed by atoms with Crippen LogP contribution in [0.2, 0.25) is 0 Å². The molecule has 5 nitrogen and oxygen atoms in total. The minimum Gasteiger partial charge on any atom is -0.396 e. The van der Waals surface area contributed by atoms with Gasteiger partial charge in [0, 0.05) is 18.2 Å². The van der Waals surface area contributed by atoms with Crippen molar-refractivity contribution < 1.29 is 14.7 Å². The fourth-order valence-corrected chi connectivity index (χ4v) is 2.36. The minimum absolute atomic E-state index is 0.00676. The van der Waals surface area contributed by atoms with E-state index in [0.29, 0.717) is 16.8 Å². The lowest BCUT2D eigenvalue weighted by Crippen LogP contribution is -2.38. The highest BCUT2D eigenvalue weighted by atomic mass is 16.3. The lowest BCUT2D eigenvalue weighted by Gasteiger charge is -2.20. The van der Waals surface area contributed by atoms with Gasteiger partial charge in [-0.2, -0.15) is 0 Å². The molecule has 3 N–H and O–H groups in total. The van der Waals surface area contributed by atoms with Crippen molar-refractivity contribution in [3.05, 3.63) is 65.2 Å². The molecule has 2 rings (SSSR count). The SMILES string of the molecule is Cc1cccc(C(=O)Nc2ccccc2C(=O)NC(C)C(C)CO)c1. The standard InChI is InChI=1S/C20H24N2O3/c1-13-7-6-8-16(11-13)19(24)22-18-10-5-4-9-17(18)20(25)21-15(3)14(2)12-23/h4-11,14-15,23H,12H2,1-3H3,(H,21,25)(H,22,24). The molecule has 0 bridgehead atoms.